The quantitative estimate of drug-likeness (QED) is 0.499. The molecule has 1 aliphatic heterocycles. The third-order valence-electron chi connectivity index (χ3n) is 6.03. The van der Waals surface area contributed by atoms with Crippen LogP contribution in [-0.2, 0) is 11.2 Å². The molecule has 0 unspecified atom stereocenters. The van der Waals surface area contributed by atoms with Crippen molar-refractivity contribution >= 4 is 23.0 Å². The molecule has 0 aliphatic carbocycles. The molecule has 33 heavy (non-hydrogen) atoms. The third kappa shape index (κ3) is 4.39. The highest BCUT2D eigenvalue weighted by Gasteiger charge is 2.40. The minimum atomic E-state index is -1.60. The average molecular weight is 458 g/mol. The SMILES string of the molecule is C/C(=C\c1cc(F)c([C@H]2c3ccc4oncc4c3C[C@H](C)N2CC(C)(C)F)c(F)c1)C(=O)O. The summed E-state index contributed by atoms with van der Waals surface area (Å²) in [6.07, 6.45) is 3.34. The van der Waals surface area contributed by atoms with Crippen LogP contribution < -0.4 is 0 Å². The highest BCUT2D eigenvalue weighted by atomic mass is 19.1. The Balaban J connectivity index is 1.92. The normalized spacial score (nSPS) is 19.7. The fourth-order valence-corrected chi connectivity index (χ4v) is 4.61. The summed E-state index contributed by atoms with van der Waals surface area (Å²) >= 11 is 0. The van der Waals surface area contributed by atoms with Gasteiger partial charge in [0.2, 0.25) is 0 Å². The van der Waals surface area contributed by atoms with Crippen LogP contribution in [0.25, 0.3) is 17.0 Å². The zero-order valence-electron chi connectivity index (χ0n) is 18.8. The van der Waals surface area contributed by atoms with Crippen LogP contribution in [-0.4, -0.2) is 39.4 Å². The number of aromatic nitrogens is 1. The Labute approximate surface area is 189 Å². The Morgan fingerprint density at radius 3 is 2.58 bits per heavy atom. The standard InChI is InChI=1S/C25H25F3N2O3/c1-13(24(31)32)7-15-9-19(26)22(20(27)10-15)23-16-5-6-21-18(11-29-33-21)17(16)8-14(2)30(23)12-25(3,4)28/h5-7,9-11,14,23H,8,12H2,1-4H3,(H,31,32)/b13-7+/t14-,23+/m0/s1. The van der Waals surface area contributed by atoms with Gasteiger partial charge in [-0.25, -0.2) is 18.0 Å². The molecule has 1 aromatic heterocycles. The van der Waals surface area contributed by atoms with E-state index in [4.69, 9.17) is 9.63 Å². The number of fused-ring (bicyclic) bond motifs is 3. The maximum absolute atomic E-state index is 15.5. The van der Waals surface area contributed by atoms with Gasteiger partial charge in [0.05, 0.1) is 12.2 Å². The van der Waals surface area contributed by atoms with Crippen LogP contribution in [0.15, 0.2) is 40.6 Å². The van der Waals surface area contributed by atoms with Gasteiger partial charge in [0.1, 0.15) is 17.3 Å². The summed E-state index contributed by atoms with van der Waals surface area (Å²) in [4.78, 5) is 12.9. The number of alkyl halides is 1. The summed E-state index contributed by atoms with van der Waals surface area (Å²) in [5.41, 5.74) is 0.356. The lowest BCUT2D eigenvalue weighted by Crippen LogP contribution is -2.48. The molecular weight excluding hydrogens is 433 g/mol. The first-order valence-electron chi connectivity index (χ1n) is 10.7. The Kier molecular flexibility index (Phi) is 5.82. The largest absolute Gasteiger partial charge is 0.478 e. The van der Waals surface area contributed by atoms with E-state index < -0.39 is 29.3 Å². The number of halogens is 3. The van der Waals surface area contributed by atoms with Crippen LogP contribution in [0.2, 0.25) is 0 Å². The van der Waals surface area contributed by atoms with Gasteiger partial charge < -0.3 is 9.63 Å². The maximum atomic E-state index is 15.5. The molecule has 1 N–H and O–H groups in total. The molecule has 0 spiro atoms. The zero-order chi connectivity index (χ0) is 24.1. The lowest BCUT2D eigenvalue weighted by molar-refractivity contribution is -0.132. The van der Waals surface area contributed by atoms with E-state index in [1.807, 2.05) is 6.92 Å². The van der Waals surface area contributed by atoms with Crippen LogP contribution in [0.5, 0.6) is 0 Å². The van der Waals surface area contributed by atoms with Gasteiger partial charge in [0.15, 0.2) is 5.58 Å². The van der Waals surface area contributed by atoms with E-state index in [0.717, 1.165) is 23.1 Å². The summed E-state index contributed by atoms with van der Waals surface area (Å²) in [6, 6.07) is 4.58. The van der Waals surface area contributed by atoms with E-state index in [1.165, 1.54) is 26.8 Å². The van der Waals surface area contributed by atoms with Crippen molar-refractivity contribution in [3.63, 3.8) is 0 Å². The molecule has 174 valence electrons. The molecule has 0 saturated carbocycles. The molecule has 2 atom stereocenters. The maximum Gasteiger partial charge on any atom is 0.331 e. The third-order valence-corrected chi connectivity index (χ3v) is 6.03. The fourth-order valence-electron chi connectivity index (χ4n) is 4.61. The Hall–Kier alpha value is -3.13. The Morgan fingerprint density at radius 1 is 1.30 bits per heavy atom. The Bertz CT molecular complexity index is 1240. The summed E-state index contributed by atoms with van der Waals surface area (Å²) in [6.45, 7) is 6.09. The number of rotatable bonds is 5. The summed E-state index contributed by atoms with van der Waals surface area (Å²) in [7, 11) is 0. The second kappa shape index (κ2) is 8.33. The van der Waals surface area contributed by atoms with Crippen molar-refractivity contribution in [3.05, 3.63) is 69.9 Å². The minimum absolute atomic E-state index is 0.0292. The van der Waals surface area contributed by atoms with Crippen molar-refractivity contribution in [2.45, 2.75) is 51.9 Å². The number of hydrogen-bond acceptors (Lipinski definition) is 4. The van der Waals surface area contributed by atoms with E-state index in [1.54, 1.807) is 23.2 Å². The van der Waals surface area contributed by atoms with Gasteiger partial charge in [0, 0.05) is 29.1 Å². The molecule has 0 amide bonds. The van der Waals surface area contributed by atoms with E-state index in [0.29, 0.717) is 17.6 Å². The molecule has 5 nitrogen and oxygen atoms in total. The second-order valence-electron chi connectivity index (χ2n) is 9.25. The molecule has 8 heteroatoms. The van der Waals surface area contributed by atoms with Crippen molar-refractivity contribution in [2.75, 3.05) is 6.54 Å². The van der Waals surface area contributed by atoms with Crippen molar-refractivity contribution in [1.82, 2.24) is 10.1 Å². The monoisotopic (exact) mass is 458 g/mol. The number of carbonyl (C=O) groups is 1. The molecule has 1 aliphatic rings. The van der Waals surface area contributed by atoms with Gasteiger partial charge >= 0.3 is 5.97 Å². The Morgan fingerprint density at radius 2 is 1.97 bits per heavy atom. The summed E-state index contributed by atoms with van der Waals surface area (Å²) in [5, 5.41) is 13.7. The predicted molar refractivity (Wildman–Crippen MR) is 119 cm³/mol. The van der Waals surface area contributed by atoms with E-state index in [-0.39, 0.29) is 29.3 Å². The summed E-state index contributed by atoms with van der Waals surface area (Å²) < 4.78 is 51.0. The number of aliphatic carboxylic acids is 1. The van der Waals surface area contributed by atoms with Crippen LogP contribution in [0.3, 0.4) is 0 Å². The molecule has 4 rings (SSSR count). The first kappa shape index (κ1) is 23.0. The van der Waals surface area contributed by atoms with Gasteiger partial charge in [-0.1, -0.05) is 11.2 Å². The van der Waals surface area contributed by atoms with Gasteiger partial charge in [-0.05, 0) is 75.1 Å². The summed E-state index contributed by atoms with van der Waals surface area (Å²) in [5.74, 6) is -2.82. The molecule has 0 bridgehead atoms. The molecule has 0 fully saturated rings. The van der Waals surface area contributed by atoms with Crippen molar-refractivity contribution < 1.29 is 27.6 Å². The second-order valence-corrected chi connectivity index (χ2v) is 9.25. The number of carboxylic acid groups (broad SMARTS) is 1. The average Bonchev–Trinajstić information content (AvgIpc) is 3.18. The van der Waals surface area contributed by atoms with Crippen LogP contribution in [0.4, 0.5) is 13.2 Å². The number of carboxylic acids is 1. The molecular formula is C25H25F3N2O3. The molecule has 3 aromatic rings. The zero-order valence-corrected chi connectivity index (χ0v) is 18.8. The van der Waals surface area contributed by atoms with Crippen LogP contribution >= 0.6 is 0 Å². The van der Waals surface area contributed by atoms with E-state index in [2.05, 4.69) is 5.16 Å². The van der Waals surface area contributed by atoms with Gasteiger partial charge in [-0.15, -0.1) is 0 Å². The van der Waals surface area contributed by atoms with Gasteiger partial charge in [0.25, 0.3) is 0 Å². The van der Waals surface area contributed by atoms with Crippen molar-refractivity contribution in [2.24, 2.45) is 0 Å². The van der Waals surface area contributed by atoms with Gasteiger partial charge in [-0.3, -0.25) is 4.90 Å². The van der Waals surface area contributed by atoms with Gasteiger partial charge in [-0.2, -0.15) is 0 Å². The number of nitrogens with zero attached hydrogens (tertiary/aromatic N) is 2. The number of hydrogen-bond donors (Lipinski definition) is 1. The minimum Gasteiger partial charge on any atom is -0.478 e. The molecule has 0 saturated heterocycles. The first-order chi connectivity index (χ1) is 15.5. The molecule has 0 radical (unpaired) electrons. The lowest BCUT2D eigenvalue weighted by atomic mass is 9.82. The first-order valence-corrected chi connectivity index (χ1v) is 10.7. The van der Waals surface area contributed by atoms with Crippen LogP contribution in [0.1, 0.15) is 56.0 Å². The smallest absolute Gasteiger partial charge is 0.331 e. The molecule has 2 aromatic carbocycles. The highest BCUT2D eigenvalue weighted by molar-refractivity contribution is 5.91. The number of benzene rings is 2. The van der Waals surface area contributed by atoms with Crippen molar-refractivity contribution in [3.8, 4) is 0 Å². The lowest BCUT2D eigenvalue weighted by Gasteiger charge is -2.44. The highest BCUT2D eigenvalue weighted by Crippen LogP contribution is 2.43. The topological polar surface area (TPSA) is 66.6 Å². The van der Waals surface area contributed by atoms with E-state index >= 15 is 8.78 Å². The fraction of sp³-hybridized carbons (Fsp3) is 0.360. The van der Waals surface area contributed by atoms with Crippen molar-refractivity contribution in [1.29, 1.82) is 0 Å². The van der Waals surface area contributed by atoms with Crippen LogP contribution in [0, 0.1) is 11.6 Å². The predicted octanol–water partition coefficient (Wildman–Crippen LogP) is 5.68. The molecule has 2 heterocycles. The van der Waals surface area contributed by atoms with E-state index in [9.17, 15) is 9.18 Å².